The van der Waals surface area contributed by atoms with Gasteiger partial charge in [0.2, 0.25) is 5.91 Å². The lowest BCUT2D eigenvalue weighted by atomic mass is 9.91. The Hall–Kier alpha value is -0.770. The maximum Gasteiger partial charge on any atom is 0.233 e. The van der Waals surface area contributed by atoms with Crippen LogP contribution >= 0.6 is 23.2 Å². The zero-order chi connectivity index (χ0) is 15.1. The summed E-state index contributed by atoms with van der Waals surface area (Å²) in [5.41, 5.74) is 0.527. The second-order valence-corrected chi connectivity index (χ2v) is 6.78. The van der Waals surface area contributed by atoms with Gasteiger partial charge in [0.15, 0.2) is 0 Å². The van der Waals surface area contributed by atoms with Gasteiger partial charge >= 0.3 is 0 Å². The van der Waals surface area contributed by atoms with E-state index < -0.39 is 5.41 Å². The summed E-state index contributed by atoms with van der Waals surface area (Å²) in [6.07, 6.45) is 0.861. The molecule has 1 fully saturated rings. The molecule has 3 nitrogen and oxygen atoms in total. The van der Waals surface area contributed by atoms with E-state index in [1.165, 1.54) is 0 Å². The Bertz CT molecular complexity index is 531. The molecule has 1 aromatic carbocycles. The second-order valence-electron chi connectivity index (χ2n) is 5.96. The molecule has 0 radical (unpaired) electrons. The molecule has 0 aliphatic heterocycles. The van der Waals surface area contributed by atoms with E-state index in [-0.39, 0.29) is 5.91 Å². The highest BCUT2D eigenvalue weighted by molar-refractivity contribution is 6.42. The Labute approximate surface area is 130 Å². The Kier molecular flexibility index (Phi) is 4.33. The number of rotatable bonds is 4. The van der Waals surface area contributed by atoms with E-state index in [1.807, 2.05) is 26.2 Å². The summed E-state index contributed by atoms with van der Waals surface area (Å²) in [7, 11) is 7.65. The van der Waals surface area contributed by atoms with Crippen LogP contribution in [-0.4, -0.2) is 50.4 Å². The van der Waals surface area contributed by atoms with Gasteiger partial charge in [-0.3, -0.25) is 4.79 Å². The molecular formula is C15H20Cl2N2O. The average Bonchev–Trinajstić information content (AvgIpc) is 3.05. The number of likely N-dealkylation sites (N-methyl/N-ethyl adjacent to an activating group) is 1. The molecule has 110 valence electrons. The van der Waals surface area contributed by atoms with Crippen molar-refractivity contribution in [1.82, 2.24) is 9.80 Å². The summed E-state index contributed by atoms with van der Waals surface area (Å²) in [5, 5.41) is 1.03. The van der Waals surface area contributed by atoms with Crippen LogP contribution in [0.2, 0.25) is 10.0 Å². The highest BCUT2D eigenvalue weighted by Crippen LogP contribution is 2.56. The minimum atomic E-state index is -0.442. The van der Waals surface area contributed by atoms with Crippen molar-refractivity contribution in [3.05, 3.63) is 33.8 Å². The Morgan fingerprint density at radius 1 is 1.25 bits per heavy atom. The third-order valence-electron chi connectivity index (χ3n) is 3.91. The van der Waals surface area contributed by atoms with E-state index in [0.717, 1.165) is 18.5 Å². The van der Waals surface area contributed by atoms with Gasteiger partial charge in [-0.05, 0) is 44.1 Å². The fourth-order valence-electron chi connectivity index (χ4n) is 2.90. The maximum atomic E-state index is 12.6. The third-order valence-corrected chi connectivity index (χ3v) is 4.65. The number of amides is 1. The van der Waals surface area contributed by atoms with Crippen molar-refractivity contribution >= 4 is 29.1 Å². The molecule has 2 atom stereocenters. The monoisotopic (exact) mass is 314 g/mol. The number of nitrogens with zero attached hydrogens (tertiary/aromatic N) is 2. The van der Waals surface area contributed by atoms with E-state index in [2.05, 4.69) is 4.90 Å². The lowest BCUT2D eigenvalue weighted by molar-refractivity contribution is -0.131. The van der Waals surface area contributed by atoms with Gasteiger partial charge in [-0.1, -0.05) is 29.3 Å². The quantitative estimate of drug-likeness (QED) is 0.853. The van der Waals surface area contributed by atoms with Gasteiger partial charge in [-0.2, -0.15) is 0 Å². The largest absolute Gasteiger partial charge is 0.348 e. The number of hydrogen-bond donors (Lipinski definition) is 0. The van der Waals surface area contributed by atoms with E-state index in [4.69, 9.17) is 23.2 Å². The van der Waals surface area contributed by atoms with Crippen LogP contribution < -0.4 is 0 Å². The minimum Gasteiger partial charge on any atom is -0.348 e. The molecule has 1 aromatic rings. The van der Waals surface area contributed by atoms with Crippen molar-refractivity contribution in [2.24, 2.45) is 5.92 Å². The van der Waals surface area contributed by atoms with Gasteiger partial charge in [0.05, 0.1) is 15.5 Å². The van der Waals surface area contributed by atoms with E-state index >= 15 is 0 Å². The van der Waals surface area contributed by atoms with Gasteiger partial charge in [0, 0.05) is 20.6 Å². The van der Waals surface area contributed by atoms with Crippen LogP contribution in [-0.2, 0) is 10.2 Å². The van der Waals surface area contributed by atoms with Crippen LogP contribution in [0.5, 0.6) is 0 Å². The Balaban J connectivity index is 2.38. The third kappa shape index (κ3) is 2.67. The molecule has 20 heavy (non-hydrogen) atoms. The van der Waals surface area contributed by atoms with Crippen molar-refractivity contribution in [2.75, 3.05) is 34.7 Å². The van der Waals surface area contributed by atoms with E-state index in [0.29, 0.717) is 16.0 Å². The first-order chi connectivity index (χ1) is 9.29. The predicted octanol–water partition coefficient (Wildman–Crippen LogP) is 2.90. The highest BCUT2D eigenvalue weighted by atomic mass is 35.5. The molecule has 0 spiro atoms. The Morgan fingerprint density at radius 3 is 2.40 bits per heavy atom. The van der Waals surface area contributed by atoms with Crippen LogP contribution in [0.1, 0.15) is 12.0 Å². The zero-order valence-corrected chi connectivity index (χ0v) is 13.8. The molecule has 1 amide bonds. The lowest BCUT2D eigenvalue weighted by Gasteiger charge is -2.23. The molecule has 0 heterocycles. The summed E-state index contributed by atoms with van der Waals surface area (Å²) in [6, 6.07) is 5.53. The van der Waals surface area contributed by atoms with Crippen LogP contribution in [0.25, 0.3) is 0 Å². The molecule has 1 aliphatic rings. The molecule has 1 aliphatic carbocycles. The van der Waals surface area contributed by atoms with E-state index in [9.17, 15) is 4.79 Å². The van der Waals surface area contributed by atoms with Crippen LogP contribution in [0, 0.1) is 5.92 Å². The summed E-state index contributed by atoms with van der Waals surface area (Å²) in [6.45, 7) is 0.889. The van der Waals surface area contributed by atoms with Crippen molar-refractivity contribution in [1.29, 1.82) is 0 Å². The summed E-state index contributed by atoms with van der Waals surface area (Å²) in [5.74, 6) is 0.465. The molecule has 5 heteroatoms. The van der Waals surface area contributed by atoms with E-state index in [1.54, 1.807) is 25.1 Å². The standard InChI is InChI=1S/C15H20Cl2N2O/c1-18(2)9-11-8-15(11,14(20)19(3)4)10-5-6-12(16)13(17)7-10/h5-7,11H,8-9H2,1-4H3. The normalized spacial score (nSPS) is 24.9. The number of carbonyl (C=O) groups excluding carboxylic acids is 1. The highest BCUT2D eigenvalue weighted by Gasteiger charge is 2.61. The lowest BCUT2D eigenvalue weighted by Crippen LogP contribution is -2.36. The number of benzene rings is 1. The fraction of sp³-hybridized carbons (Fsp3) is 0.533. The molecule has 2 unspecified atom stereocenters. The van der Waals surface area contributed by atoms with Crippen LogP contribution in [0.3, 0.4) is 0 Å². The first kappa shape index (κ1) is 15.6. The molecule has 0 saturated heterocycles. The summed E-state index contributed by atoms with van der Waals surface area (Å²) in [4.78, 5) is 16.4. The predicted molar refractivity (Wildman–Crippen MR) is 83.5 cm³/mol. The van der Waals surface area contributed by atoms with Crippen molar-refractivity contribution in [3.8, 4) is 0 Å². The summed E-state index contributed by atoms with van der Waals surface area (Å²) >= 11 is 12.1. The Morgan fingerprint density at radius 2 is 1.90 bits per heavy atom. The van der Waals surface area contributed by atoms with Crippen molar-refractivity contribution < 1.29 is 4.79 Å². The van der Waals surface area contributed by atoms with Gasteiger partial charge in [-0.25, -0.2) is 0 Å². The molecule has 1 saturated carbocycles. The van der Waals surface area contributed by atoms with Crippen molar-refractivity contribution in [2.45, 2.75) is 11.8 Å². The zero-order valence-electron chi connectivity index (χ0n) is 12.3. The van der Waals surface area contributed by atoms with Crippen LogP contribution in [0.15, 0.2) is 18.2 Å². The topological polar surface area (TPSA) is 23.6 Å². The van der Waals surface area contributed by atoms with Gasteiger partial charge < -0.3 is 9.80 Å². The molecule has 0 aromatic heterocycles. The number of halogens is 2. The minimum absolute atomic E-state index is 0.141. The smallest absolute Gasteiger partial charge is 0.233 e. The molecule has 0 N–H and O–H groups in total. The first-order valence-corrected chi connectivity index (χ1v) is 7.36. The van der Waals surface area contributed by atoms with Gasteiger partial charge in [-0.15, -0.1) is 0 Å². The first-order valence-electron chi connectivity index (χ1n) is 6.61. The van der Waals surface area contributed by atoms with Gasteiger partial charge in [0.25, 0.3) is 0 Å². The SMILES string of the molecule is CN(C)CC1CC1(C(=O)N(C)C)c1ccc(Cl)c(Cl)c1. The molecular weight excluding hydrogens is 295 g/mol. The second kappa shape index (κ2) is 5.55. The molecule has 2 rings (SSSR count). The van der Waals surface area contributed by atoms with Gasteiger partial charge in [0.1, 0.15) is 0 Å². The number of carbonyl (C=O) groups is 1. The molecule has 0 bridgehead atoms. The summed E-state index contributed by atoms with van der Waals surface area (Å²) < 4.78 is 0. The average molecular weight is 315 g/mol. The number of hydrogen-bond acceptors (Lipinski definition) is 2. The fourth-order valence-corrected chi connectivity index (χ4v) is 3.20. The maximum absolute atomic E-state index is 12.6. The van der Waals surface area contributed by atoms with Crippen molar-refractivity contribution in [3.63, 3.8) is 0 Å². The van der Waals surface area contributed by atoms with Crippen LogP contribution in [0.4, 0.5) is 0 Å².